The molecule has 1 aromatic rings. The van der Waals surface area contributed by atoms with Crippen molar-refractivity contribution < 1.29 is 4.39 Å². The van der Waals surface area contributed by atoms with Crippen molar-refractivity contribution in [1.29, 1.82) is 5.26 Å². The Morgan fingerprint density at radius 3 is 2.88 bits per heavy atom. The van der Waals surface area contributed by atoms with E-state index in [9.17, 15) is 4.39 Å². The Morgan fingerprint density at radius 2 is 2.31 bits per heavy atom. The van der Waals surface area contributed by atoms with Gasteiger partial charge in [-0.1, -0.05) is 6.07 Å². The predicted octanol–water partition coefficient (Wildman–Crippen LogP) is 3.00. The highest BCUT2D eigenvalue weighted by Gasteiger charge is 2.41. The highest BCUT2D eigenvalue weighted by molar-refractivity contribution is 8.00. The van der Waals surface area contributed by atoms with Crippen molar-refractivity contribution in [3.05, 3.63) is 29.6 Å². The van der Waals surface area contributed by atoms with Gasteiger partial charge in [-0.15, -0.1) is 0 Å². The topological polar surface area (TPSA) is 35.8 Å². The third kappa shape index (κ3) is 2.14. The Kier molecular flexibility index (Phi) is 3.06. The van der Waals surface area contributed by atoms with Gasteiger partial charge in [0, 0.05) is 11.3 Å². The largest absolute Gasteiger partial charge is 0.382 e. The van der Waals surface area contributed by atoms with Crippen LogP contribution in [0.4, 0.5) is 10.1 Å². The molecule has 1 saturated carbocycles. The summed E-state index contributed by atoms with van der Waals surface area (Å²) in [7, 11) is 0. The maximum atomic E-state index is 13.3. The first-order chi connectivity index (χ1) is 7.71. The molecule has 1 N–H and O–H groups in total. The van der Waals surface area contributed by atoms with Gasteiger partial charge in [-0.25, -0.2) is 4.39 Å². The van der Waals surface area contributed by atoms with E-state index in [1.54, 1.807) is 12.1 Å². The minimum Gasteiger partial charge on any atom is -0.382 e. The molecule has 0 radical (unpaired) electrons. The smallest absolute Gasteiger partial charge is 0.143 e. The maximum absolute atomic E-state index is 13.3. The van der Waals surface area contributed by atoms with Gasteiger partial charge >= 0.3 is 0 Å². The fourth-order valence-corrected chi connectivity index (χ4v) is 2.36. The van der Waals surface area contributed by atoms with Crippen molar-refractivity contribution in [2.75, 3.05) is 18.1 Å². The lowest BCUT2D eigenvalue weighted by atomic mass is 10.2. The molecule has 0 atom stereocenters. The molecule has 0 heterocycles. The molecule has 1 aliphatic carbocycles. The zero-order valence-corrected chi connectivity index (χ0v) is 9.90. The highest BCUT2D eigenvalue weighted by Crippen LogP contribution is 2.47. The van der Waals surface area contributed by atoms with Crippen molar-refractivity contribution in [3.63, 3.8) is 0 Å². The Bertz CT molecular complexity index is 435. The van der Waals surface area contributed by atoms with Gasteiger partial charge in [0.15, 0.2) is 0 Å². The Balaban J connectivity index is 2.10. The average Bonchev–Trinajstić information content (AvgIpc) is 3.07. The lowest BCUT2D eigenvalue weighted by Gasteiger charge is -2.15. The van der Waals surface area contributed by atoms with Crippen LogP contribution in [0, 0.1) is 17.1 Å². The van der Waals surface area contributed by atoms with E-state index in [0.29, 0.717) is 10.4 Å². The molecule has 2 rings (SSSR count). The fraction of sp³-hybridized carbons (Fsp3) is 0.417. The van der Waals surface area contributed by atoms with Crippen LogP contribution in [0.2, 0.25) is 0 Å². The van der Waals surface area contributed by atoms with Crippen LogP contribution < -0.4 is 5.32 Å². The molecule has 1 fully saturated rings. The van der Waals surface area contributed by atoms with Crippen molar-refractivity contribution in [2.24, 2.45) is 0 Å². The molecule has 1 aromatic carbocycles. The summed E-state index contributed by atoms with van der Waals surface area (Å²) in [6.07, 6.45) is 4.47. The van der Waals surface area contributed by atoms with E-state index in [1.165, 1.54) is 18.9 Å². The standard InChI is InChI=1S/C12H13FN2S/c1-16-12(5-6-12)8-15-11-4-2-3-10(13)9(11)7-14/h2-4,15H,5-6,8H2,1H3. The second-order valence-corrected chi connectivity index (χ2v) is 5.29. The molecule has 84 valence electrons. The van der Waals surface area contributed by atoms with Gasteiger partial charge in [0.1, 0.15) is 17.4 Å². The van der Waals surface area contributed by atoms with E-state index in [2.05, 4.69) is 11.6 Å². The number of thioether (sulfide) groups is 1. The number of nitriles is 1. The van der Waals surface area contributed by atoms with Gasteiger partial charge in [-0.05, 0) is 31.2 Å². The first kappa shape index (κ1) is 11.3. The first-order valence-corrected chi connectivity index (χ1v) is 6.41. The van der Waals surface area contributed by atoms with Crippen LogP contribution >= 0.6 is 11.8 Å². The van der Waals surface area contributed by atoms with E-state index in [1.807, 2.05) is 17.8 Å². The number of benzene rings is 1. The summed E-state index contributed by atoms with van der Waals surface area (Å²) in [5.41, 5.74) is 0.710. The first-order valence-electron chi connectivity index (χ1n) is 5.18. The molecule has 1 aliphatic rings. The van der Waals surface area contributed by atoms with Crippen LogP contribution in [0.5, 0.6) is 0 Å². The number of hydrogen-bond acceptors (Lipinski definition) is 3. The molecule has 16 heavy (non-hydrogen) atoms. The molecule has 0 aromatic heterocycles. The maximum Gasteiger partial charge on any atom is 0.143 e. The second-order valence-electron chi connectivity index (χ2n) is 4.01. The van der Waals surface area contributed by atoms with Gasteiger partial charge < -0.3 is 5.32 Å². The Labute approximate surface area is 98.8 Å². The van der Waals surface area contributed by atoms with Gasteiger partial charge in [-0.2, -0.15) is 17.0 Å². The number of anilines is 1. The normalized spacial score (nSPS) is 16.6. The minimum atomic E-state index is -0.457. The summed E-state index contributed by atoms with van der Waals surface area (Å²) in [4.78, 5) is 0. The zero-order valence-electron chi connectivity index (χ0n) is 9.09. The van der Waals surface area contributed by atoms with E-state index < -0.39 is 5.82 Å². The third-order valence-electron chi connectivity index (χ3n) is 2.97. The molecule has 0 unspecified atom stereocenters. The molecule has 0 amide bonds. The van der Waals surface area contributed by atoms with E-state index in [4.69, 9.17) is 5.26 Å². The van der Waals surface area contributed by atoms with Crippen molar-refractivity contribution in [3.8, 4) is 6.07 Å². The number of nitrogens with one attached hydrogen (secondary N) is 1. The fourth-order valence-electron chi connectivity index (χ4n) is 1.63. The van der Waals surface area contributed by atoms with Gasteiger partial charge in [0.25, 0.3) is 0 Å². The highest BCUT2D eigenvalue weighted by atomic mass is 32.2. The quantitative estimate of drug-likeness (QED) is 0.873. The lowest BCUT2D eigenvalue weighted by Crippen LogP contribution is -2.18. The molecular formula is C12H13FN2S. The zero-order chi connectivity index (χ0) is 11.6. The number of hydrogen-bond donors (Lipinski definition) is 1. The van der Waals surface area contributed by atoms with Crippen LogP contribution in [0.3, 0.4) is 0 Å². The molecule has 0 saturated heterocycles. The van der Waals surface area contributed by atoms with Crippen LogP contribution in [0.25, 0.3) is 0 Å². The summed E-state index contributed by atoms with van der Waals surface area (Å²) >= 11 is 1.84. The number of rotatable bonds is 4. The summed E-state index contributed by atoms with van der Waals surface area (Å²) in [5, 5.41) is 12.0. The van der Waals surface area contributed by atoms with E-state index >= 15 is 0 Å². The SMILES string of the molecule is CSC1(CNc2cccc(F)c2C#N)CC1. The molecule has 0 spiro atoms. The second kappa shape index (κ2) is 4.34. The molecular weight excluding hydrogens is 223 g/mol. The van der Waals surface area contributed by atoms with Crippen LogP contribution in [-0.2, 0) is 0 Å². The van der Waals surface area contributed by atoms with Crippen molar-refractivity contribution in [2.45, 2.75) is 17.6 Å². The predicted molar refractivity (Wildman–Crippen MR) is 65.1 cm³/mol. The molecule has 0 aliphatic heterocycles. The van der Waals surface area contributed by atoms with Gasteiger partial charge in [0.2, 0.25) is 0 Å². The summed E-state index contributed by atoms with van der Waals surface area (Å²) < 4.78 is 13.6. The molecule has 0 bridgehead atoms. The molecule has 2 nitrogen and oxygen atoms in total. The minimum absolute atomic E-state index is 0.111. The van der Waals surface area contributed by atoms with Crippen LogP contribution in [0.1, 0.15) is 18.4 Å². The lowest BCUT2D eigenvalue weighted by molar-refractivity contribution is 0.624. The van der Waals surface area contributed by atoms with E-state index in [-0.39, 0.29) is 5.56 Å². The van der Waals surface area contributed by atoms with Crippen molar-refractivity contribution in [1.82, 2.24) is 0 Å². The Hall–Kier alpha value is -1.21. The summed E-state index contributed by atoms with van der Waals surface area (Å²) in [5.74, 6) is -0.457. The number of halogens is 1. The van der Waals surface area contributed by atoms with Gasteiger partial charge in [-0.3, -0.25) is 0 Å². The Morgan fingerprint density at radius 1 is 1.56 bits per heavy atom. The monoisotopic (exact) mass is 236 g/mol. The van der Waals surface area contributed by atoms with Crippen LogP contribution in [-0.4, -0.2) is 17.5 Å². The summed E-state index contributed by atoms with van der Waals surface area (Å²) in [6.45, 7) is 0.798. The van der Waals surface area contributed by atoms with Crippen molar-refractivity contribution >= 4 is 17.4 Å². The van der Waals surface area contributed by atoms with Crippen LogP contribution in [0.15, 0.2) is 18.2 Å². The van der Waals surface area contributed by atoms with Gasteiger partial charge in [0.05, 0.1) is 5.69 Å². The molecule has 4 heteroatoms. The summed E-state index contributed by atoms with van der Waals surface area (Å²) in [6, 6.07) is 6.58. The third-order valence-corrected chi connectivity index (χ3v) is 4.39. The number of nitrogens with zero attached hydrogens (tertiary/aromatic N) is 1. The average molecular weight is 236 g/mol. The van der Waals surface area contributed by atoms with E-state index in [0.717, 1.165) is 6.54 Å².